The first-order chi connectivity index (χ1) is 14.0. The molecule has 0 heterocycles. The van der Waals surface area contributed by atoms with E-state index in [1.54, 1.807) is 30.3 Å². The number of benzene rings is 2. The van der Waals surface area contributed by atoms with Crippen molar-refractivity contribution >= 4 is 40.0 Å². The fraction of sp³-hybridized carbons (Fsp3) is 0.381. The summed E-state index contributed by atoms with van der Waals surface area (Å²) in [5.41, 5.74) is 1.13. The molecule has 0 bridgehead atoms. The van der Waals surface area contributed by atoms with Crippen LogP contribution in [0.15, 0.2) is 64.5 Å². The van der Waals surface area contributed by atoms with Gasteiger partial charge in [0.25, 0.3) is 0 Å². The minimum Gasteiger partial charge on any atom is -0.494 e. The Balaban J connectivity index is 0.00000450. The summed E-state index contributed by atoms with van der Waals surface area (Å²) < 4.78 is 32.6. The summed E-state index contributed by atoms with van der Waals surface area (Å²) in [7, 11) is -1.56. The molecule has 2 rings (SSSR count). The molecule has 0 aliphatic heterocycles. The lowest BCUT2D eigenvalue weighted by Gasteiger charge is -2.22. The fourth-order valence-corrected chi connectivity index (χ4v) is 3.74. The Kier molecular flexibility index (Phi) is 11.7. The molecule has 0 aliphatic carbocycles. The number of aliphatic imine (C=N–C) groups is 1. The van der Waals surface area contributed by atoms with Crippen LogP contribution in [0.4, 0.5) is 0 Å². The highest BCUT2D eigenvalue weighted by atomic mass is 127. The van der Waals surface area contributed by atoms with Gasteiger partial charge in [0, 0.05) is 26.7 Å². The van der Waals surface area contributed by atoms with Crippen LogP contribution in [0.25, 0.3) is 0 Å². The van der Waals surface area contributed by atoms with Gasteiger partial charge in [-0.15, -0.1) is 24.0 Å². The van der Waals surface area contributed by atoms with E-state index in [-0.39, 0.29) is 35.4 Å². The lowest BCUT2D eigenvalue weighted by atomic mass is 10.2. The molecule has 2 aromatic carbocycles. The molecule has 0 saturated carbocycles. The molecule has 0 unspecified atom stereocenters. The van der Waals surface area contributed by atoms with E-state index in [2.05, 4.69) is 15.0 Å². The van der Waals surface area contributed by atoms with Crippen LogP contribution in [0.5, 0.6) is 5.75 Å². The third-order valence-corrected chi connectivity index (χ3v) is 5.55. The molecule has 2 aromatic rings. The number of hydrogen-bond acceptors (Lipinski definition) is 4. The maximum atomic E-state index is 12.3. The van der Waals surface area contributed by atoms with Gasteiger partial charge < -0.3 is 15.0 Å². The highest BCUT2D eigenvalue weighted by molar-refractivity contribution is 14.0. The summed E-state index contributed by atoms with van der Waals surface area (Å²) in [5, 5.41) is 3.24. The molecule has 0 aliphatic rings. The molecule has 0 fully saturated rings. The van der Waals surface area contributed by atoms with Crippen molar-refractivity contribution in [3.63, 3.8) is 0 Å². The molecule has 2 N–H and O–H groups in total. The van der Waals surface area contributed by atoms with E-state index < -0.39 is 10.0 Å². The van der Waals surface area contributed by atoms with Crippen molar-refractivity contribution in [3.05, 3.63) is 60.2 Å². The van der Waals surface area contributed by atoms with Crippen molar-refractivity contribution in [2.45, 2.75) is 25.3 Å². The van der Waals surface area contributed by atoms with Crippen LogP contribution in [0.3, 0.4) is 0 Å². The number of guanidine groups is 1. The van der Waals surface area contributed by atoms with Crippen molar-refractivity contribution in [1.29, 1.82) is 0 Å². The van der Waals surface area contributed by atoms with Gasteiger partial charge in [0.1, 0.15) is 5.75 Å². The van der Waals surface area contributed by atoms with Gasteiger partial charge in [0.2, 0.25) is 10.0 Å². The van der Waals surface area contributed by atoms with Crippen molar-refractivity contribution in [1.82, 2.24) is 14.9 Å². The lowest BCUT2D eigenvalue weighted by molar-refractivity contribution is 0.340. The second-order valence-electron chi connectivity index (χ2n) is 6.38. The van der Waals surface area contributed by atoms with Gasteiger partial charge >= 0.3 is 0 Å². The van der Waals surface area contributed by atoms with E-state index in [0.717, 1.165) is 23.8 Å². The largest absolute Gasteiger partial charge is 0.494 e. The van der Waals surface area contributed by atoms with Crippen LogP contribution in [0.2, 0.25) is 0 Å². The van der Waals surface area contributed by atoms with E-state index in [1.165, 1.54) is 0 Å². The third-order valence-electron chi connectivity index (χ3n) is 4.07. The average molecular weight is 546 g/mol. The predicted octanol–water partition coefficient (Wildman–Crippen LogP) is 3.08. The highest BCUT2D eigenvalue weighted by Gasteiger charge is 2.12. The summed E-state index contributed by atoms with van der Waals surface area (Å²) in [6.07, 6.45) is 0. The zero-order valence-electron chi connectivity index (χ0n) is 17.7. The van der Waals surface area contributed by atoms with Crippen LogP contribution in [-0.2, 0) is 16.6 Å². The Morgan fingerprint density at radius 3 is 2.33 bits per heavy atom. The second-order valence-corrected chi connectivity index (χ2v) is 8.15. The number of halogens is 1. The van der Waals surface area contributed by atoms with Gasteiger partial charge in [-0.2, -0.15) is 0 Å². The molecule has 166 valence electrons. The van der Waals surface area contributed by atoms with Crippen molar-refractivity contribution < 1.29 is 13.2 Å². The third kappa shape index (κ3) is 8.49. The number of nitrogens with zero attached hydrogens (tertiary/aromatic N) is 2. The van der Waals surface area contributed by atoms with Gasteiger partial charge in [-0.1, -0.05) is 30.3 Å². The van der Waals surface area contributed by atoms with Crippen molar-refractivity contribution in [3.8, 4) is 5.75 Å². The number of hydrogen-bond donors (Lipinski definition) is 2. The predicted molar refractivity (Wildman–Crippen MR) is 132 cm³/mol. The summed E-state index contributed by atoms with van der Waals surface area (Å²) in [6.45, 7) is 6.56. The summed E-state index contributed by atoms with van der Waals surface area (Å²) >= 11 is 0. The van der Waals surface area contributed by atoms with E-state index >= 15 is 0 Å². The minimum absolute atomic E-state index is 0. The second kappa shape index (κ2) is 13.5. The van der Waals surface area contributed by atoms with Crippen LogP contribution in [0.1, 0.15) is 19.4 Å². The first kappa shape index (κ1) is 26.2. The smallest absolute Gasteiger partial charge is 0.240 e. The van der Waals surface area contributed by atoms with Crippen LogP contribution in [0, 0.1) is 0 Å². The first-order valence-corrected chi connectivity index (χ1v) is 11.2. The molecular formula is C21H31IN4O3S. The normalized spacial score (nSPS) is 11.5. The Hall–Kier alpha value is -1.85. The zero-order valence-corrected chi connectivity index (χ0v) is 20.8. The van der Waals surface area contributed by atoms with E-state index in [1.807, 2.05) is 50.1 Å². The van der Waals surface area contributed by atoms with E-state index in [4.69, 9.17) is 4.74 Å². The van der Waals surface area contributed by atoms with Crippen molar-refractivity contribution in [2.75, 3.05) is 33.3 Å². The Morgan fingerprint density at radius 2 is 1.73 bits per heavy atom. The lowest BCUT2D eigenvalue weighted by Crippen LogP contribution is -2.39. The molecule has 0 amide bonds. The van der Waals surface area contributed by atoms with Gasteiger partial charge in [-0.3, -0.25) is 4.99 Å². The fourth-order valence-electron chi connectivity index (χ4n) is 2.70. The summed E-state index contributed by atoms with van der Waals surface area (Å²) in [5.74, 6) is 1.57. The topological polar surface area (TPSA) is 83.0 Å². The molecule has 0 atom stereocenters. The molecule has 7 nitrogen and oxygen atoms in total. The highest BCUT2D eigenvalue weighted by Crippen LogP contribution is 2.13. The molecule has 0 radical (unpaired) electrons. The Bertz CT molecular complexity index is 875. The molecule has 0 aromatic heterocycles. The molecule has 0 saturated heterocycles. The average Bonchev–Trinajstić information content (AvgIpc) is 2.72. The first-order valence-electron chi connectivity index (χ1n) is 9.72. The van der Waals surface area contributed by atoms with Crippen LogP contribution < -0.4 is 14.8 Å². The van der Waals surface area contributed by atoms with Gasteiger partial charge in [0.15, 0.2) is 5.96 Å². The van der Waals surface area contributed by atoms with Gasteiger partial charge in [-0.05, 0) is 43.7 Å². The Morgan fingerprint density at radius 1 is 1.07 bits per heavy atom. The van der Waals surface area contributed by atoms with Gasteiger partial charge in [0.05, 0.1) is 18.0 Å². The maximum Gasteiger partial charge on any atom is 0.240 e. The number of sulfonamides is 1. The van der Waals surface area contributed by atoms with E-state index in [9.17, 15) is 8.42 Å². The molecule has 30 heavy (non-hydrogen) atoms. The van der Waals surface area contributed by atoms with E-state index in [0.29, 0.717) is 19.7 Å². The maximum absolute atomic E-state index is 12.3. The minimum atomic E-state index is -3.51. The molecule has 9 heteroatoms. The van der Waals surface area contributed by atoms with Crippen LogP contribution in [-0.4, -0.2) is 52.6 Å². The number of rotatable bonds is 10. The zero-order chi connectivity index (χ0) is 21.1. The van der Waals surface area contributed by atoms with Gasteiger partial charge in [-0.25, -0.2) is 13.1 Å². The SMILES string of the molecule is CCNC(=NCCNS(=O)(=O)c1ccccc1)N(C)Cc1ccc(OCC)cc1.I. The van der Waals surface area contributed by atoms with Crippen LogP contribution >= 0.6 is 24.0 Å². The number of ether oxygens (including phenoxy) is 1. The monoisotopic (exact) mass is 546 g/mol. The summed E-state index contributed by atoms with van der Waals surface area (Å²) in [4.78, 5) is 6.79. The van der Waals surface area contributed by atoms with Crippen molar-refractivity contribution in [2.24, 2.45) is 4.99 Å². The quantitative estimate of drug-likeness (QED) is 0.207. The summed E-state index contributed by atoms with van der Waals surface area (Å²) in [6, 6.07) is 16.3. The Labute approximate surface area is 197 Å². The molecular weight excluding hydrogens is 515 g/mol. The standard InChI is InChI=1S/C21H30N4O3S.HI/c1-4-22-21(25(3)17-18-11-13-19(14-12-18)28-5-2)23-15-16-24-29(26,27)20-9-7-6-8-10-20;/h6-14,24H,4-5,15-17H2,1-3H3,(H,22,23);1H. The molecule has 0 spiro atoms. The number of nitrogens with one attached hydrogen (secondary N) is 2.